The molecule has 1 atom stereocenters. The molecular weight excluding hydrogens is 360 g/mol. The topological polar surface area (TPSA) is 68.6 Å². The third-order valence-corrected chi connectivity index (χ3v) is 5.46. The van der Waals surface area contributed by atoms with Gasteiger partial charge in [0.2, 0.25) is 5.70 Å². The van der Waals surface area contributed by atoms with Crippen LogP contribution in [0.5, 0.6) is 0 Å². The molecule has 3 aliphatic rings. The summed E-state index contributed by atoms with van der Waals surface area (Å²) in [5.74, 6) is 7.54. The minimum Gasteiger partial charge on any atom is -0.299 e. The van der Waals surface area contributed by atoms with Crippen LogP contribution in [0.4, 0.5) is 0 Å². The first kappa shape index (κ1) is 16.1. The van der Waals surface area contributed by atoms with Gasteiger partial charge in [-0.2, -0.15) is 10.8 Å². The highest BCUT2D eigenvalue weighted by molar-refractivity contribution is 6.03. The number of aromatic nitrogens is 2. The molecule has 1 aromatic heterocycles. The minimum atomic E-state index is 0.00884. The van der Waals surface area contributed by atoms with Gasteiger partial charge >= 0.3 is 0 Å². The Balaban J connectivity index is 1.47. The van der Waals surface area contributed by atoms with Crippen molar-refractivity contribution in [2.75, 3.05) is 0 Å². The molecule has 0 saturated carbocycles. The number of benzene rings is 2. The summed E-state index contributed by atoms with van der Waals surface area (Å²) in [6, 6.07) is 16.4. The second-order valence-corrected chi connectivity index (χ2v) is 7.16. The van der Waals surface area contributed by atoms with Gasteiger partial charge in [0.1, 0.15) is 18.2 Å². The predicted molar refractivity (Wildman–Crippen MR) is 114 cm³/mol. The van der Waals surface area contributed by atoms with E-state index in [-0.39, 0.29) is 4.59 Å². The Labute approximate surface area is 167 Å². The normalized spacial score (nSPS) is 22.0. The van der Waals surface area contributed by atoms with Crippen molar-refractivity contribution in [3.05, 3.63) is 108 Å². The summed E-state index contributed by atoms with van der Waals surface area (Å²) in [7, 11) is 0. The zero-order valence-corrected chi connectivity index (χ0v) is 15.5. The van der Waals surface area contributed by atoms with Crippen molar-refractivity contribution in [1.29, 1.82) is 0 Å². The molecule has 2 N–H and O–H groups in total. The van der Waals surface area contributed by atoms with E-state index < -0.39 is 0 Å². The Hall–Kier alpha value is -3.87. The highest BCUT2D eigenvalue weighted by Gasteiger charge is 2.44. The molecule has 29 heavy (non-hydrogen) atoms. The largest absolute Gasteiger partial charge is 0.299 e. The van der Waals surface area contributed by atoms with E-state index in [0.29, 0.717) is 0 Å². The van der Waals surface area contributed by atoms with Gasteiger partial charge in [-0.1, -0.05) is 36.4 Å². The second kappa shape index (κ2) is 5.81. The number of quaternary nitrogens is 1. The molecule has 0 amide bonds. The summed E-state index contributed by atoms with van der Waals surface area (Å²) in [5.41, 5.74) is 6.76. The monoisotopic (exact) mass is 377 g/mol. The third-order valence-electron chi connectivity index (χ3n) is 5.46. The van der Waals surface area contributed by atoms with Gasteiger partial charge in [0.05, 0.1) is 29.0 Å². The molecule has 3 aromatic rings. The van der Waals surface area contributed by atoms with E-state index in [9.17, 15) is 0 Å². The number of amidine groups is 1. The molecular formula is C23H17N6+. The second-order valence-electron chi connectivity index (χ2n) is 7.16. The number of aliphatic imine (C=N–C) groups is 2. The number of fused-ring (bicyclic) bond motifs is 2. The van der Waals surface area contributed by atoms with E-state index in [1.54, 1.807) is 12.4 Å². The lowest BCUT2D eigenvalue weighted by Gasteiger charge is -2.26. The van der Waals surface area contributed by atoms with E-state index >= 15 is 0 Å². The maximum absolute atomic E-state index is 6.78. The van der Waals surface area contributed by atoms with Gasteiger partial charge in [-0.25, -0.2) is 4.98 Å². The summed E-state index contributed by atoms with van der Waals surface area (Å²) < 4.78 is 2.09. The van der Waals surface area contributed by atoms with Crippen LogP contribution in [0.1, 0.15) is 5.56 Å². The first-order chi connectivity index (χ1) is 14.2. The minimum absolute atomic E-state index is 0.00884. The van der Waals surface area contributed by atoms with E-state index in [2.05, 4.69) is 38.8 Å². The van der Waals surface area contributed by atoms with Crippen LogP contribution in [-0.2, 0) is 0 Å². The van der Waals surface area contributed by atoms with Crippen molar-refractivity contribution in [3.8, 4) is 5.69 Å². The van der Waals surface area contributed by atoms with Crippen molar-refractivity contribution < 1.29 is 4.59 Å². The van der Waals surface area contributed by atoms with Crippen molar-refractivity contribution >= 4 is 23.1 Å². The Morgan fingerprint density at radius 2 is 1.90 bits per heavy atom. The fraction of sp³-hybridized carbons (Fsp3) is 0. The number of hydrogen-bond acceptors (Lipinski definition) is 4. The number of rotatable bonds is 3. The molecule has 1 aliphatic carbocycles. The van der Waals surface area contributed by atoms with Crippen molar-refractivity contribution in [2.45, 2.75) is 0 Å². The summed E-state index contributed by atoms with van der Waals surface area (Å²) in [6.07, 6.45) is 13.3. The Morgan fingerprint density at radius 3 is 2.69 bits per heavy atom. The first-order valence-corrected chi connectivity index (χ1v) is 9.38. The highest BCUT2D eigenvalue weighted by atomic mass is 15.6. The maximum atomic E-state index is 6.78. The molecule has 0 radical (unpaired) electrons. The van der Waals surface area contributed by atoms with Crippen LogP contribution in [0.3, 0.4) is 0 Å². The molecule has 1 unspecified atom stereocenters. The highest BCUT2D eigenvalue weighted by Crippen LogP contribution is 2.36. The number of hydrogen-bond donors (Lipinski definition) is 1. The van der Waals surface area contributed by atoms with Crippen LogP contribution in [0.25, 0.3) is 16.7 Å². The van der Waals surface area contributed by atoms with Crippen LogP contribution >= 0.6 is 0 Å². The SMILES string of the molecule is N[N+]12C=CN=CC1=C(C1=CC=C1)N=C2c1ccc2c(c1)ncn2-c1ccccc1. The third kappa shape index (κ3) is 2.27. The van der Waals surface area contributed by atoms with Gasteiger partial charge in [0, 0.05) is 11.3 Å². The van der Waals surface area contributed by atoms with Crippen LogP contribution in [0, 0.1) is 0 Å². The summed E-state index contributed by atoms with van der Waals surface area (Å²) >= 11 is 0. The lowest BCUT2D eigenvalue weighted by molar-refractivity contribution is -0.750. The molecule has 0 bridgehead atoms. The molecule has 138 valence electrons. The van der Waals surface area contributed by atoms with Crippen LogP contribution < -0.4 is 5.84 Å². The standard InChI is InChI=1S/C23H17N6/c24-29-12-11-25-14-21(29)22(16-5-4-6-16)27-23(29)17-9-10-20-19(13-17)26-15-28(20)18-7-2-1-3-8-18/h1-15H,24H2/q+1. The van der Waals surface area contributed by atoms with Crippen LogP contribution in [0.15, 0.2) is 112 Å². The predicted octanol–water partition coefficient (Wildman–Crippen LogP) is 3.74. The van der Waals surface area contributed by atoms with Gasteiger partial charge < -0.3 is 0 Å². The summed E-state index contributed by atoms with van der Waals surface area (Å²) in [5, 5.41) is 0. The Bertz CT molecular complexity index is 1350. The van der Waals surface area contributed by atoms with Crippen molar-refractivity contribution in [3.63, 3.8) is 0 Å². The number of nitrogens with two attached hydrogens (primary N) is 1. The Morgan fingerprint density at radius 1 is 1.03 bits per heavy atom. The Kier molecular flexibility index (Phi) is 3.23. The van der Waals surface area contributed by atoms with Gasteiger partial charge in [0.15, 0.2) is 0 Å². The lowest BCUT2D eigenvalue weighted by atomic mass is 10.0. The molecule has 6 rings (SSSR count). The molecule has 2 aromatic carbocycles. The number of imidazole rings is 1. The number of nitrogens with zero attached hydrogens (tertiary/aromatic N) is 5. The molecule has 2 aliphatic heterocycles. The average molecular weight is 377 g/mol. The number of para-hydroxylation sites is 1. The fourth-order valence-corrected chi connectivity index (χ4v) is 3.89. The van der Waals surface area contributed by atoms with Gasteiger partial charge in [-0.05, 0) is 30.3 Å². The van der Waals surface area contributed by atoms with Gasteiger partial charge in [-0.15, -0.1) is 4.59 Å². The van der Waals surface area contributed by atoms with Gasteiger partial charge in [0.25, 0.3) is 5.84 Å². The van der Waals surface area contributed by atoms with E-state index in [1.165, 1.54) is 0 Å². The van der Waals surface area contributed by atoms with Gasteiger partial charge in [-0.3, -0.25) is 9.56 Å². The molecule has 0 spiro atoms. The summed E-state index contributed by atoms with van der Waals surface area (Å²) in [4.78, 5) is 13.8. The quantitative estimate of drug-likeness (QED) is 0.558. The lowest BCUT2D eigenvalue weighted by Crippen LogP contribution is -2.53. The smallest absolute Gasteiger partial charge is 0.265 e. The molecule has 6 heteroatoms. The van der Waals surface area contributed by atoms with E-state index in [4.69, 9.17) is 10.8 Å². The van der Waals surface area contributed by atoms with Crippen molar-refractivity contribution in [1.82, 2.24) is 9.55 Å². The molecule has 0 saturated heterocycles. The average Bonchev–Trinajstić information content (AvgIpc) is 3.26. The maximum Gasteiger partial charge on any atom is 0.265 e. The first-order valence-electron chi connectivity index (χ1n) is 9.38. The van der Waals surface area contributed by atoms with Crippen LogP contribution in [-0.4, -0.2) is 26.2 Å². The van der Waals surface area contributed by atoms with Crippen LogP contribution in [0.2, 0.25) is 0 Å². The molecule has 6 nitrogen and oxygen atoms in total. The fourth-order valence-electron chi connectivity index (χ4n) is 3.89. The summed E-state index contributed by atoms with van der Waals surface area (Å²) in [6.45, 7) is 0. The van der Waals surface area contributed by atoms with Crippen molar-refractivity contribution in [2.24, 2.45) is 15.8 Å². The number of allylic oxidation sites excluding steroid dienone is 4. The zero-order chi connectivity index (χ0) is 19.4. The zero-order valence-electron chi connectivity index (χ0n) is 15.5. The molecule has 3 heterocycles. The molecule has 0 fully saturated rings. The van der Waals surface area contributed by atoms with E-state index in [0.717, 1.165) is 45.1 Å². The van der Waals surface area contributed by atoms with E-state index in [1.807, 2.05) is 55.0 Å².